The number of nitrogens with zero attached hydrogens (tertiary/aromatic N) is 2. The second-order valence-corrected chi connectivity index (χ2v) is 2.47. The molecular formula is C7H7N3O. The molecule has 0 aliphatic carbocycles. The van der Waals surface area contributed by atoms with Gasteiger partial charge in [-0.3, -0.25) is 4.79 Å². The van der Waals surface area contributed by atoms with Gasteiger partial charge >= 0.3 is 0 Å². The van der Waals surface area contributed by atoms with Crippen molar-refractivity contribution in [3.63, 3.8) is 0 Å². The second-order valence-electron chi connectivity index (χ2n) is 2.47. The highest BCUT2D eigenvalue weighted by atomic mass is 16.1. The molecule has 0 atom stereocenters. The molecule has 1 N–H and O–H groups in total. The third-order valence-corrected chi connectivity index (χ3v) is 1.63. The van der Waals surface area contributed by atoms with Gasteiger partial charge in [0.15, 0.2) is 5.78 Å². The highest BCUT2D eigenvalue weighted by Crippen LogP contribution is 2.14. The number of carbonyl (C=O) groups is 1. The number of nitrogens with one attached hydrogen (secondary N) is 1. The van der Waals surface area contributed by atoms with Crippen LogP contribution in [0, 0.1) is 0 Å². The van der Waals surface area contributed by atoms with Crippen LogP contribution in [0.5, 0.6) is 0 Å². The number of carbonyl (C=O) groups excluding carboxylic acids is 1. The van der Waals surface area contributed by atoms with Gasteiger partial charge in [0.2, 0.25) is 0 Å². The fourth-order valence-electron chi connectivity index (χ4n) is 1.10. The van der Waals surface area contributed by atoms with Crippen LogP contribution in [-0.2, 0) is 11.2 Å². The highest BCUT2D eigenvalue weighted by molar-refractivity contribution is 5.88. The fourth-order valence-corrected chi connectivity index (χ4v) is 1.10. The van der Waals surface area contributed by atoms with Gasteiger partial charge in [0.05, 0.1) is 6.54 Å². The van der Waals surface area contributed by atoms with Gasteiger partial charge < -0.3 is 5.32 Å². The molecule has 1 aromatic rings. The quantitative estimate of drug-likeness (QED) is 0.564. The summed E-state index contributed by atoms with van der Waals surface area (Å²) in [5.74, 6) is 0.979. The molecule has 2 rings (SSSR count). The van der Waals surface area contributed by atoms with Crippen molar-refractivity contribution in [1.82, 2.24) is 9.97 Å². The van der Waals surface area contributed by atoms with Gasteiger partial charge in [-0.2, -0.15) is 0 Å². The first kappa shape index (κ1) is 6.27. The Balaban J connectivity index is 2.41. The van der Waals surface area contributed by atoms with E-state index in [2.05, 4.69) is 15.3 Å². The van der Waals surface area contributed by atoms with E-state index in [1.807, 2.05) is 0 Å². The molecule has 0 saturated heterocycles. The van der Waals surface area contributed by atoms with Crippen molar-refractivity contribution in [2.45, 2.75) is 6.42 Å². The van der Waals surface area contributed by atoms with Crippen LogP contribution in [0.4, 0.5) is 5.82 Å². The van der Waals surface area contributed by atoms with Crippen LogP contribution in [0.2, 0.25) is 0 Å². The molecule has 0 amide bonds. The van der Waals surface area contributed by atoms with E-state index in [1.54, 1.807) is 6.20 Å². The zero-order valence-electron chi connectivity index (χ0n) is 5.87. The summed E-state index contributed by atoms with van der Waals surface area (Å²) >= 11 is 0. The van der Waals surface area contributed by atoms with E-state index in [1.165, 1.54) is 6.33 Å². The molecule has 11 heavy (non-hydrogen) atoms. The Kier molecular flexibility index (Phi) is 1.31. The van der Waals surface area contributed by atoms with Crippen LogP contribution >= 0.6 is 0 Å². The summed E-state index contributed by atoms with van der Waals surface area (Å²) in [6, 6.07) is 0. The zero-order chi connectivity index (χ0) is 7.68. The molecule has 0 bridgehead atoms. The summed E-state index contributed by atoms with van der Waals surface area (Å²) in [6.45, 7) is 0.393. The Labute approximate surface area is 63.7 Å². The van der Waals surface area contributed by atoms with Crippen LogP contribution in [-0.4, -0.2) is 22.3 Å². The number of hydrogen-bond donors (Lipinski definition) is 1. The molecule has 0 saturated carbocycles. The molecule has 1 aromatic heterocycles. The normalized spacial score (nSPS) is 15.5. The lowest BCUT2D eigenvalue weighted by Crippen LogP contribution is -2.23. The summed E-state index contributed by atoms with van der Waals surface area (Å²) in [6.07, 6.45) is 3.61. The zero-order valence-corrected chi connectivity index (χ0v) is 5.87. The molecule has 4 heteroatoms. The van der Waals surface area contributed by atoms with Crippen molar-refractivity contribution >= 4 is 11.6 Å². The molecule has 4 nitrogen and oxygen atoms in total. The third kappa shape index (κ3) is 1.07. The average molecular weight is 149 g/mol. The monoisotopic (exact) mass is 149 g/mol. The highest BCUT2D eigenvalue weighted by Gasteiger charge is 2.14. The maximum absolute atomic E-state index is 10.9. The maximum atomic E-state index is 10.9. The van der Waals surface area contributed by atoms with Crippen molar-refractivity contribution in [2.75, 3.05) is 11.9 Å². The summed E-state index contributed by atoms with van der Waals surface area (Å²) in [5, 5.41) is 2.91. The lowest BCUT2D eigenvalue weighted by molar-refractivity contribution is -0.117. The van der Waals surface area contributed by atoms with E-state index in [0.717, 1.165) is 11.4 Å². The van der Waals surface area contributed by atoms with Crippen molar-refractivity contribution in [3.05, 3.63) is 18.1 Å². The summed E-state index contributed by atoms with van der Waals surface area (Å²) < 4.78 is 0. The maximum Gasteiger partial charge on any atom is 0.156 e. The number of rotatable bonds is 0. The number of aromatic nitrogens is 2. The number of Topliss-reactive ketones (excluding diaryl/α,β-unsaturated/α-hetero) is 1. The van der Waals surface area contributed by atoms with Gasteiger partial charge in [0.1, 0.15) is 12.1 Å². The minimum atomic E-state index is 0.187. The molecule has 0 unspecified atom stereocenters. The number of hydrogen-bond acceptors (Lipinski definition) is 4. The Morgan fingerprint density at radius 3 is 3.36 bits per heavy atom. The van der Waals surface area contributed by atoms with Crippen molar-refractivity contribution in [1.29, 1.82) is 0 Å². The van der Waals surface area contributed by atoms with Crippen molar-refractivity contribution < 1.29 is 4.79 Å². The topological polar surface area (TPSA) is 54.9 Å². The first-order chi connectivity index (χ1) is 5.36. The molecule has 1 aliphatic heterocycles. The lowest BCUT2D eigenvalue weighted by atomic mass is 10.1. The average Bonchev–Trinajstić information content (AvgIpc) is 2.04. The molecule has 0 radical (unpaired) electrons. The summed E-state index contributed by atoms with van der Waals surface area (Å²) in [5.41, 5.74) is 0.892. The van der Waals surface area contributed by atoms with Gasteiger partial charge in [-0.25, -0.2) is 9.97 Å². The molecule has 0 spiro atoms. The second kappa shape index (κ2) is 2.30. The lowest BCUT2D eigenvalue weighted by Gasteiger charge is -2.13. The molecule has 1 aliphatic rings. The predicted molar refractivity (Wildman–Crippen MR) is 39.2 cm³/mol. The van der Waals surface area contributed by atoms with Gasteiger partial charge in [-0.05, 0) is 0 Å². The largest absolute Gasteiger partial charge is 0.363 e. The fraction of sp³-hybridized carbons (Fsp3) is 0.286. The summed E-state index contributed by atoms with van der Waals surface area (Å²) in [4.78, 5) is 18.7. The Morgan fingerprint density at radius 1 is 1.55 bits per heavy atom. The molecular weight excluding hydrogens is 142 g/mol. The Bertz CT molecular complexity index is 297. The van der Waals surface area contributed by atoms with Crippen LogP contribution in [0.25, 0.3) is 0 Å². The van der Waals surface area contributed by atoms with Crippen LogP contribution < -0.4 is 5.32 Å². The van der Waals surface area contributed by atoms with E-state index in [9.17, 15) is 4.79 Å². The molecule has 2 heterocycles. The van der Waals surface area contributed by atoms with Gasteiger partial charge in [0.25, 0.3) is 0 Å². The Hall–Kier alpha value is -1.45. The van der Waals surface area contributed by atoms with E-state index < -0.39 is 0 Å². The number of anilines is 1. The van der Waals surface area contributed by atoms with Gasteiger partial charge in [-0.1, -0.05) is 0 Å². The van der Waals surface area contributed by atoms with E-state index in [0.29, 0.717) is 13.0 Å². The molecule has 0 fully saturated rings. The van der Waals surface area contributed by atoms with Crippen LogP contribution in [0.3, 0.4) is 0 Å². The molecule has 56 valence electrons. The van der Waals surface area contributed by atoms with Crippen LogP contribution in [0.1, 0.15) is 5.56 Å². The third-order valence-electron chi connectivity index (χ3n) is 1.63. The molecule has 0 aromatic carbocycles. The number of fused-ring (bicyclic) bond motifs is 1. The van der Waals surface area contributed by atoms with E-state index in [-0.39, 0.29) is 5.78 Å². The standard InChI is InChI=1S/C7H7N3O/c11-6-1-5-2-8-4-10-7(5)9-3-6/h2,4H,1,3H2,(H,8,9,10). The predicted octanol–water partition coefficient (Wildman–Crippen LogP) is 0.0137. The van der Waals surface area contributed by atoms with E-state index >= 15 is 0 Å². The van der Waals surface area contributed by atoms with Gasteiger partial charge in [0, 0.05) is 18.2 Å². The minimum absolute atomic E-state index is 0.187. The number of ketones is 1. The van der Waals surface area contributed by atoms with E-state index in [4.69, 9.17) is 0 Å². The summed E-state index contributed by atoms with van der Waals surface area (Å²) in [7, 11) is 0. The van der Waals surface area contributed by atoms with Crippen LogP contribution in [0.15, 0.2) is 12.5 Å². The Morgan fingerprint density at radius 2 is 2.45 bits per heavy atom. The van der Waals surface area contributed by atoms with Crippen molar-refractivity contribution in [3.8, 4) is 0 Å². The smallest absolute Gasteiger partial charge is 0.156 e. The van der Waals surface area contributed by atoms with Crippen molar-refractivity contribution in [2.24, 2.45) is 0 Å². The first-order valence-electron chi connectivity index (χ1n) is 3.41. The first-order valence-corrected chi connectivity index (χ1v) is 3.41. The minimum Gasteiger partial charge on any atom is -0.363 e. The SMILES string of the molecule is O=C1CNc2ncncc2C1. The van der Waals surface area contributed by atoms with Gasteiger partial charge in [-0.15, -0.1) is 0 Å².